The number of benzene rings is 2. The number of hydrogen-bond donors (Lipinski definition) is 1. The molecule has 0 bridgehead atoms. The zero-order valence-corrected chi connectivity index (χ0v) is 11.1. The summed E-state index contributed by atoms with van der Waals surface area (Å²) in [6, 6.07) is 12.6. The van der Waals surface area contributed by atoms with Crippen molar-refractivity contribution < 1.29 is 4.39 Å². The summed E-state index contributed by atoms with van der Waals surface area (Å²) >= 11 is 1.63. The van der Waals surface area contributed by atoms with Gasteiger partial charge in [0.2, 0.25) is 0 Å². The molecule has 2 aromatic carbocycles. The molecule has 3 rings (SSSR count). The van der Waals surface area contributed by atoms with Gasteiger partial charge in [-0.05, 0) is 36.2 Å². The highest BCUT2D eigenvalue weighted by Gasteiger charge is 2.05. The molecule has 0 aliphatic carbocycles. The molecule has 4 heteroatoms. The molecule has 96 valence electrons. The van der Waals surface area contributed by atoms with Crippen molar-refractivity contribution in [2.45, 2.75) is 12.8 Å². The van der Waals surface area contributed by atoms with E-state index in [9.17, 15) is 4.39 Å². The monoisotopic (exact) mass is 272 g/mol. The minimum absolute atomic E-state index is 0.233. The quantitative estimate of drug-likeness (QED) is 0.736. The van der Waals surface area contributed by atoms with E-state index in [1.54, 1.807) is 17.4 Å². The Bertz CT molecular complexity index is 704. The highest BCUT2D eigenvalue weighted by molar-refractivity contribution is 7.18. The number of nitrogens with zero attached hydrogens (tertiary/aromatic N) is 1. The predicted octanol–water partition coefficient (Wildman–Crippen LogP) is 3.80. The maximum Gasteiger partial charge on any atom is 0.125 e. The van der Waals surface area contributed by atoms with Gasteiger partial charge in [0.25, 0.3) is 0 Å². The predicted molar refractivity (Wildman–Crippen MR) is 77.8 cm³/mol. The third-order valence-corrected chi connectivity index (χ3v) is 4.10. The number of nitrogens with two attached hydrogens (primary N) is 1. The largest absolute Gasteiger partial charge is 0.399 e. The van der Waals surface area contributed by atoms with Crippen molar-refractivity contribution in [1.82, 2.24) is 4.98 Å². The third-order valence-electron chi connectivity index (χ3n) is 3.00. The molecule has 0 saturated carbocycles. The van der Waals surface area contributed by atoms with Gasteiger partial charge < -0.3 is 5.73 Å². The van der Waals surface area contributed by atoms with Crippen molar-refractivity contribution in [2.24, 2.45) is 0 Å². The summed E-state index contributed by atoms with van der Waals surface area (Å²) in [5.74, 6) is -0.233. The van der Waals surface area contributed by atoms with Crippen LogP contribution in [-0.4, -0.2) is 4.98 Å². The summed E-state index contributed by atoms with van der Waals surface area (Å²) in [5, 5.41) is 1.04. The Kier molecular flexibility index (Phi) is 3.17. The molecule has 0 fully saturated rings. The highest BCUT2D eigenvalue weighted by Crippen LogP contribution is 2.23. The maximum atomic E-state index is 13.1. The van der Waals surface area contributed by atoms with Crippen LogP contribution in [0.5, 0.6) is 0 Å². The van der Waals surface area contributed by atoms with Crippen LogP contribution in [0.2, 0.25) is 0 Å². The molecule has 0 saturated heterocycles. The highest BCUT2D eigenvalue weighted by atomic mass is 32.1. The first-order valence-electron chi connectivity index (χ1n) is 6.10. The molecule has 0 unspecified atom stereocenters. The summed E-state index contributed by atoms with van der Waals surface area (Å²) in [4.78, 5) is 4.46. The van der Waals surface area contributed by atoms with Crippen molar-refractivity contribution in [3.63, 3.8) is 0 Å². The second-order valence-corrected chi connectivity index (χ2v) is 5.58. The van der Waals surface area contributed by atoms with Crippen molar-refractivity contribution in [2.75, 3.05) is 5.73 Å². The number of anilines is 1. The normalized spacial score (nSPS) is 11.0. The molecule has 2 nitrogen and oxygen atoms in total. The molecule has 1 aromatic heterocycles. The SMILES string of the molecule is Nc1ccc(CCc2nc3cc(F)ccc3s2)cc1. The van der Waals surface area contributed by atoms with Gasteiger partial charge in [-0.2, -0.15) is 0 Å². The Balaban J connectivity index is 1.76. The van der Waals surface area contributed by atoms with Crippen LogP contribution in [0, 0.1) is 5.82 Å². The lowest BCUT2D eigenvalue weighted by Crippen LogP contribution is -1.91. The number of fused-ring (bicyclic) bond motifs is 1. The lowest BCUT2D eigenvalue weighted by molar-refractivity contribution is 0.629. The Morgan fingerprint density at radius 1 is 1.05 bits per heavy atom. The Morgan fingerprint density at radius 3 is 2.63 bits per heavy atom. The molecule has 0 aliphatic heterocycles. The molecule has 19 heavy (non-hydrogen) atoms. The zero-order valence-electron chi connectivity index (χ0n) is 10.3. The number of thiazole rings is 1. The summed E-state index contributed by atoms with van der Waals surface area (Å²) < 4.78 is 14.1. The Morgan fingerprint density at radius 2 is 1.84 bits per heavy atom. The number of halogens is 1. The molecule has 0 amide bonds. The molecule has 0 radical (unpaired) electrons. The van der Waals surface area contributed by atoms with E-state index in [-0.39, 0.29) is 5.82 Å². The molecule has 2 N–H and O–H groups in total. The summed E-state index contributed by atoms with van der Waals surface area (Å²) in [7, 11) is 0. The fraction of sp³-hybridized carbons (Fsp3) is 0.133. The Labute approximate surface area is 114 Å². The van der Waals surface area contributed by atoms with Crippen molar-refractivity contribution in [3.05, 3.63) is 58.9 Å². The number of rotatable bonds is 3. The van der Waals surface area contributed by atoms with Gasteiger partial charge >= 0.3 is 0 Å². The van der Waals surface area contributed by atoms with E-state index >= 15 is 0 Å². The van der Waals surface area contributed by atoms with Crippen molar-refractivity contribution in [3.8, 4) is 0 Å². The van der Waals surface area contributed by atoms with Gasteiger partial charge in [0.15, 0.2) is 0 Å². The summed E-state index contributed by atoms with van der Waals surface area (Å²) in [6.07, 6.45) is 1.79. The molecular weight excluding hydrogens is 259 g/mol. The zero-order chi connectivity index (χ0) is 13.2. The number of nitrogen functional groups attached to an aromatic ring is 1. The first-order valence-corrected chi connectivity index (χ1v) is 6.92. The van der Waals surface area contributed by atoms with Crippen LogP contribution in [0.15, 0.2) is 42.5 Å². The number of aromatic nitrogens is 1. The van der Waals surface area contributed by atoms with Crippen LogP contribution < -0.4 is 5.73 Å². The second-order valence-electron chi connectivity index (χ2n) is 4.46. The van der Waals surface area contributed by atoms with Crippen LogP contribution in [0.25, 0.3) is 10.2 Å². The van der Waals surface area contributed by atoms with E-state index < -0.39 is 0 Å². The summed E-state index contributed by atoms with van der Waals surface area (Å²) in [5.41, 5.74) is 8.41. The van der Waals surface area contributed by atoms with Gasteiger partial charge in [-0.15, -0.1) is 11.3 Å². The molecule has 0 spiro atoms. The minimum atomic E-state index is -0.233. The van der Waals surface area contributed by atoms with Crippen molar-refractivity contribution >= 4 is 27.2 Å². The maximum absolute atomic E-state index is 13.1. The van der Waals surface area contributed by atoms with Crippen LogP contribution in [-0.2, 0) is 12.8 Å². The van der Waals surface area contributed by atoms with E-state index in [1.165, 1.54) is 17.7 Å². The van der Waals surface area contributed by atoms with Gasteiger partial charge in [-0.3, -0.25) is 0 Å². The first kappa shape index (κ1) is 12.1. The van der Waals surface area contributed by atoms with E-state index in [0.717, 1.165) is 33.8 Å². The fourth-order valence-corrected chi connectivity index (χ4v) is 2.94. The fourth-order valence-electron chi connectivity index (χ4n) is 1.99. The van der Waals surface area contributed by atoms with Gasteiger partial charge in [0, 0.05) is 18.2 Å². The standard InChI is InChI=1S/C15H13FN2S/c16-11-4-7-14-13(9-11)18-15(19-14)8-3-10-1-5-12(17)6-2-10/h1-2,4-7,9H,3,8,17H2. The molecule has 3 aromatic rings. The number of hydrogen-bond acceptors (Lipinski definition) is 3. The average Bonchev–Trinajstić information content (AvgIpc) is 2.80. The minimum Gasteiger partial charge on any atom is -0.399 e. The van der Waals surface area contributed by atoms with E-state index in [0.29, 0.717) is 0 Å². The molecule has 0 atom stereocenters. The summed E-state index contributed by atoms with van der Waals surface area (Å²) in [6.45, 7) is 0. The molecule has 1 heterocycles. The van der Waals surface area contributed by atoms with Gasteiger partial charge in [-0.25, -0.2) is 9.37 Å². The van der Waals surface area contributed by atoms with Crippen LogP contribution >= 0.6 is 11.3 Å². The second kappa shape index (κ2) is 4.97. The van der Waals surface area contributed by atoms with E-state index in [2.05, 4.69) is 4.98 Å². The topological polar surface area (TPSA) is 38.9 Å². The first-order chi connectivity index (χ1) is 9.20. The Hall–Kier alpha value is -1.94. The van der Waals surface area contributed by atoms with E-state index in [1.807, 2.05) is 24.3 Å². The molecular formula is C15H13FN2S. The lowest BCUT2D eigenvalue weighted by Gasteiger charge is -1.99. The van der Waals surface area contributed by atoms with Crippen LogP contribution in [0.3, 0.4) is 0 Å². The third kappa shape index (κ3) is 2.74. The van der Waals surface area contributed by atoms with Crippen LogP contribution in [0.1, 0.15) is 10.6 Å². The number of aryl methyl sites for hydroxylation is 2. The van der Waals surface area contributed by atoms with Gasteiger partial charge in [-0.1, -0.05) is 12.1 Å². The average molecular weight is 272 g/mol. The lowest BCUT2D eigenvalue weighted by atomic mass is 10.1. The van der Waals surface area contributed by atoms with Crippen molar-refractivity contribution in [1.29, 1.82) is 0 Å². The van der Waals surface area contributed by atoms with Gasteiger partial charge in [0.05, 0.1) is 15.2 Å². The van der Waals surface area contributed by atoms with Crippen LogP contribution in [0.4, 0.5) is 10.1 Å². The van der Waals surface area contributed by atoms with Gasteiger partial charge in [0.1, 0.15) is 5.82 Å². The molecule has 0 aliphatic rings. The van der Waals surface area contributed by atoms with E-state index in [4.69, 9.17) is 5.73 Å². The smallest absolute Gasteiger partial charge is 0.125 e.